The molecule has 0 amide bonds. The first kappa shape index (κ1) is 15.7. The standard InChI is InChI=1S/C11H15NO2.C3H8/c1-12-10(11(13)14-2)8-9-6-4-3-5-7-9;1-3-2/h3-7,10,12H,8H2,1-2H3;3H2,1-2H3/t10-;/m1./s1. The van der Waals surface area contributed by atoms with Crippen LogP contribution in [0.3, 0.4) is 0 Å². The highest BCUT2D eigenvalue weighted by Gasteiger charge is 2.16. The molecule has 1 atom stereocenters. The molecule has 1 rings (SSSR count). The summed E-state index contributed by atoms with van der Waals surface area (Å²) in [6, 6.07) is 9.59. The molecule has 96 valence electrons. The Hall–Kier alpha value is -1.35. The van der Waals surface area contributed by atoms with Crippen molar-refractivity contribution in [2.45, 2.75) is 32.7 Å². The van der Waals surface area contributed by atoms with Crippen LogP contribution in [-0.2, 0) is 16.0 Å². The summed E-state index contributed by atoms with van der Waals surface area (Å²) in [6.07, 6.45) is 1.91. The average Bonchev–Trinajstić information content (AvgIpc) is 2.37. The van der Waals surface area contributed by atoms with Gasteiger partial charge in [-0.15, -0.1) is 0 Å². The van der Waals surface area contributed by atoms with Gasteiger partial charge in [-0.2, -0.15) is 0 Å². The molecule has 0 aromatic heterocycles. The number of ether oxygens (including phenoxy) is 1. The summed E-state index contributed by atoms with van der Waals surface area (Å²) in [5.41, 5.74) is 1.12. The fourth-order valence-corrected chi connectivity index (χ4v) is 1.30. The largest absolute Gasteiger partial charge is 0.468 e. The molecule has 1 N–H and O–H groups in total. The lowest BCUT2D eigenvalue weighted by atomic mass is 10.1. The van der Waals surface area contributed by atoms with Gasteiger partial charge < -0.3 is 10.1 Å². The number of esters is 1. The Balaban J connectivity index is 0.000000770. The minimum Gasteiger partial charge on any atom is -0.468 e. The van der Waals surface area contributed by atoms with Gasteiger partial charge in [-0.25, -0.2) is 0 Å². The second kappa shape index (κ2) is 9.85. The van der Waals surface area contributed by atoms with E-state index < -0.39 is 0 Å². The Morgan fingerprint density at radius 3 is 2.24 bits per heavy atom. The Morgan fingerprint density at radius 1 is 1.29 bits per heavy atom. The number of methoxy groups -OCH3 is 1. The Morgan fingerprint density at radius 2 is 1.82 bits per heavy atom. The van der Waals surface area contributed by atoms with E-state index >= 15 is 0 Å². The van der Waals surface area contributed by atoms with E-state index in [4.69, 9.17) is 0 Å². The summed E-state index contributed by atoms with van der Waals surface area (Å²) in [5, 5.41) is 2.93. The smallest absolute Gasteiger partial charge is 0.323 e. The normalized spacial score (nSPS) is 11.1. The molecule has 0 saturated heterocycles. The molecule has 17 heavy (non-hydrogen) atoms. The van der Waals surface area contributed by atoms with E-state index in [0.29, 0.717) is 6.42 Å². The first-order valence-electron chi connectivity index (χ1n) is 5.98. The third-order valence-corrected chi connectivity index (χ3v) is 2.12. The zero-order valence-electron chi connectivity index (χ0n) is 11.2. The number of benzene rings is 1. The number of carbonyl (C=O) groups is 1. The molecule has 0 saturated carbocycles. The molecule has 0 heterocycles. The van der Waals surface area contributed by atoms with Crippen molar-refractivity contribution in [1.29, 1.82) is 0 Å². The van der Waals surface area contributed by atoms with Crippen LogP contribution in [-0.4, -0.2) is 26.2 Å². The zero-order valence-corrected chi connectivity index (χ0v) is 11.2. The first-order chi connectivity index (χ1) is 8.19. The van der Waals surface area contributed by atoms with E-state index in [0.717, 1.165) is 5.56 Å². The second-order valence-corrected chi connectivity index (χ2v) is 3.76. The van der Waals surface area contributed by atoms with Gasteiger partial charge in [0.2, 0.25) is 0 Å². The first-order valence-corrected chi connectivity index (χ1v) is 5.98. The van der Waals surface area contributed by atoms with Gasteiger partial charge in [0, 0.05) is 0 Å². The molecule has 3 nitrogen and oxygen atoms in total. The van der Waals surface area contributed by atoms with E-state index in [1.165, 1.54) is 13.5 Å². The number of likely N-dealkylation sites (N-methyl/N-ethyl adjacent to an activating group) is 1. The summed E-state index contributed by atoms with van der Waals surface area (Å²) in [5.74, 6) is -0.226. The minimum atomic E-state index is -0.262. The summed E-state index contributed by atoms with van der Waals surface area (Å²) >= 11 is 0. The van der Waals surface area contributed by atoms with Gasteiger partial charge in [0.05, 0.1) is 7.11 Å². The monoisotopic (exact) mass is 237 g/mol. The number of hydrogen-bond acceptors (Lipinski definition) is 3. The summed E-state index contributed by atoms with van der Waals surface area (Å²) in [6.45, 7) is 4.25. The van der Waals surface area contributed by atoms with Gasteiger partial charge in [-0.1, -0.05) is 50.6 Å². The molecule has 1 aromatic carbocycles. The maximum Gasteiger partial charge on any atom is 0.323 e. The highest BCUT2D eigenvalue weighted by Crippen LogP contribution is 2.03. The summed E-state index contributed by atoms with van der Waals surface area (Å²) in [7, 11) is 3.15. The summed E-state index contributed by atoms with van der Waals surface area (Å²) in [4.78, 5) is 11.3. The molecule has 3 heteroatoms. The van der Waals surface area contributed by atoms with Crippen LogP contribution < -0.4 is 5.32 Å². The van der Waals surface area contributed by atoms with Crippen LogP contribution in [0.4, 0.5) is 0 Å². The van der Waals surface area contributed by atoms with Crippen LogP contribution in [0, 0.1) is 0 Å². The van der Waals surface area contributed by atoms with Crippen LogP contribution in [0.15, 0.2) is 30.3 Å². The lowest BCUT2D eigenvalue weighted by Crippen LogP contribution is -2.36. The van der Waals surface area contributed by atoms with E-state index in [-0.39, 0.29) is 12.0 Å². The number of rotatable bonds is 4. The van der Waals surface area contributed by atoms with Gasteiger partial charge in [0.1, 0.15) is 6.04 Å². The number of nitrogens with one attached hydrogen (secondary N) is 1. The van der Waals surface area contributed by atoms with E-state index in [1.54, 1.807) is 7.05 Å². The maximum atomic E-state index is 11.3. The summed E-state index contributed by atoms with van der Waals surface area (Å²) < 4.78 is 4.67. The fraction of sp³-hybridized carbons (Fsp3) is 0.500. The topological polar surface area (TPSA) is 38.3 Å². The van der Waals surface area contributed by atoms with Gasteiger partial charge in [0.25, 0.3) is 0 Å². The molecule has 0 radical (unpaired) electrons. The van der Waals surface area contributed by atoms with E-state index in [9.17, 15) is 4.79 Å². The molecule has 0 fully saturated rings. The molecular weight excluding hydrogens is 214 g/mol. The van der Waals surface area contributed by atoms with Crippen molar-refractivity contribution in [3.8, 4) is 0 Å². The fourth-order valence-electron chi connectivity index (χ4n) is 1.30. The average molecular weight is 237 g/mol. The lowest BCUT2D eigenvalue weighted by Gasteiger charge is -2.13. The van der Waals surface area contributed by atoms with Crippen LogP contribution in [0.25, 0.3) is 0 Å². The van der Waals surface area contributed by atoms with Crippen LogP contribution in [0.2, 0.25) is 0 Å². The van der Waals surface area contributed by atoms with Crippen LogP contribution in [0.1, 0.15) is 25.8 Å². The molecule has 0 aliphatic heterocycles. The predicted octanol–water partition coefficient (Wildman–Crippen LogP) is 2.41. The highest BCUT2D eigenvalue weighted by atomic mass is 16.5. The van der Waals surface area contributed by atoms with Crippen molar-refractivity contribution < 1.29 is 9.53 Å². The van der Waals surface area contributed by atoms with Gasteiger partial charge in [0.15, 0.2) is 0 Å². The number of hydrogen-bond donors (Lipinski definition) is 1. The third-order valence-electron chi connectivity index (χ3n) is 2.12. The Bertz CT molecular complexity index is 298. The molecule has 1 aromatic rings. The van der Waals surface area contributed by atoms with E-state index in [2.05, 4.69) is 23.9 Å². The van der Waals surface area contributed by atoms with Crippen LogP contribution in [0.5, 0.6) is 0 Å². The SMILES string of the molecule is CCC.CN[C@H](Cc1ccccc1)C(=O)OC. The van der Waals surface area contributed by atoms with Gasteiger partial charge in [-0.05, 0) is 19.0 Å². The minimum absolute atomic E-state index is 0.226. The molecule has 0 bridgehead atoms. The molecule has 0 aliphatic rings. The third kappa shape index (κ3) is 6.74. The number of carbonyl (C=O) groups excluding carboxylic acids is 1. The van der Waals surface area contributed by atoms with Crippen molar-refractivity contribution in [3.63, 3.8) is 0 Å². The molecule has 0 aliphatic carbocycles. The predicted molar refractivity (Wildman–Crippen MR) is 71.0 cm³/mol. The van der Waals surface area contributed by atoms with Crippen molar-refractivity contribution in [2.24, 2.45) is 0 Å². The van der Waals surface area contributed by atoms with Gasteiger partial charge in [-0.3, -0.25) is 4.79 Å². The van der Waals surface area contributed by atoms with Crippen molar-refractivity contribution in [1.82, 2.24) is 5.32 Å². The van der Waals surface area contributed by atoms with Crippen molar-refractivity contribution in [3.05, 3.63) is 35.9 Å². The lowest BCUT2D eigenvalue weighted by molar-refractivity contribution is -0.142. The zero-order chi connectivity index (χ0) is 13.1. The van der Waals surface area contributed by atoms with Crippen molar-refractivity contribution in [2.75, 3.05) is 14.2 Å². The molecule has 0 spiro atoms. The second-order valence-electron chi connectivity index (χ2n) is 3.76. The van der Waals surface area contributed by atoms with Crippen molar-refractivity contribution >= 4 is 5.97 Å². The van der Waals surface area contributed by atoms with E-state index in [1.807, 2.05) is 30.3 Å². The maximum absolute atomic E-state index is 11.3. The Kier molecular flexibility index (Phi) is 9.06. The highest BCUT2D eigenvalue weighted by molar-refractivity contribution is 5.76. The van der Waals surface area contributed by atoms with Crippen LogP contribution >= 0.6 is 0 Å². The molecule has 0 unspecified atom stereocenters. The molecular formula is C14H23NO2. The van der Waals surface area contributed by atoms with Gasteiger partial charge >= 0.3 is 5.97 Å². The quantitative estimate of drug-likeness (QED) is 0.817. The Labute approximate surface area is 104 Å².